The van der Waals surface area contributed by atoms with Crippen LogP contribution in [0.2, 0.25) is 0 Å². The molecule has 0 aliphatic carbocycles. The molecule has 0 atom stereocenters. The molecule has 2 N–H and O–H groups in total. The number of benzene rings is 2. The molecule has 0 bridgehead atoms. The fraction of sp³-hybridized carbons (Fsp3) is 0.318. The Morgan fingerprint density at radius 1 is 1.08 bits per heavy atom. The number of rotatable bonds is 7. The van der Waals surface area contributed by atoms with E-state index in [0.717, 1.165) is 48.2 Å². The quantitative estimate of drug-likeness (QED) is 0.699. The summed E-state index contributed by atoms with van der Waals surface area (Å²) >= 11 is 0. The van der Waals surface area contributed by atoms with Crippen LogP contribution in [0.5, 0.6) is 0 Å². The van der Waals surface area contributed by atoms with Crippen LogP contribution in [0, 0.1) is 6.92 Å². The topological polar surface area (TPSA) is 51.3 Å². The molecule has 26 heavy (non-hydrogen) atoms. The molecule has 3 rings (SSSR count). The normalized spacial score (nSPS) is 11.4. The smallest absolute Gasteiger partial charge is 0.266 e. The van der Waals surface area contributed by atoms with Gasteiger partial charge in [-0.1, -0.05) is 55.8 Å². The van der Waals surface area contributed by atoms with Gasteiger partial charge in [-0.3, -0.25) is 4.79 Å². The Morgan fingerprint density at radius 3 is 2.38 bits per heavy atom. The molecule has 4 heteroatoms. The van der Waals surface area contributed by atoms with Crippen molar-refractivity contribution in [3.8, 4) is 11.1 Å². The standard InChI is InChI=1S/C22H27N3O/c1-4-24(5-2)13-14-25-19-12-11-16(3)15-18(19)20(21(25)22(23)26)17-9-7-6-8-10-17/h6-12,15H,4-5,13-14H2,1-3H3,(H2,23,26). The highest BCUT2D eigenvalue weighted by molar-refractivity contribution is 6.10. The first-order valence-corrected chi connectivity index (χ1v) is 9.27. The summed E-state index contributed by atoms with van der Waals surface area (Å²) in [6.07, 6.45) is 0. The van der Waals surface area contributed by atoms with E-state index in [1.165, 1.54) is 5.56 Å². The zero-order valence-corrected chi connectivity index (χ0v) is 15.8. The molecule has 0 spiro atoms. The van der Waals surface area contributed by atoms with Crippen molar-refractivity contribution in [1.82, 2.24) is 9.47 Å². The molecule has 136 valence electrons. The number of aromatic nitrogens is 1. The zero-order chi connectivity index (χ0) is 18.7. The van der Waals surface area contributed by atoms with E-state index in [-0.39, 0.29) is 5.91 Å². The number of carbonyl (C=O) groups is 1. The number of hydrogen-bond donors (Lipinski definition) is 1. The fourth-order valence-corrected chi connectivity index (χ4v) is 3.64. The van der Waals surface area contributed by atoms with E-state index >= 15 is 0 Å². The highest BCUT2D eigenvalue weighted by Crippen LogP contribution is 2.35. The predicted octanol–water partition coefficient (Wildman–Crippen LogP) is 4.06. The van der Waals surface area contributed by atoms with Crippen LogP contribution in [0.3, 0.4) is 0 Å². The predicted molar refractivity (Wildman–Crippen MR) is 108 cm³/mol. The molecule has 4 nitrogen and oxygen atoms in total. The Labute approximate surface area is 155 Å². The number of amides is 1. The molecule has 1 aromatic heterocycles. The minimum absolute atomic E-state index is 0.378. The number of likely N-dealkylation sites (N-methyl/N-ethyl adjacent to an activating group) is 1. The van der Waals surface area contributed by atoms with Gasteiger partial charge in [-0.2, -0.15) is 0 Å². The van der Waals surface area contributed by atoms with E-state index < -0.39 is 0 Å². The van der Waals surface area contributed by atoms with Gasteiger partial charge in [0.1, 0.15) is 5.69 Å². The minimum Gasteiger partial charge on any atom is -0.364 e. The van der Waals surface area contributed by atoms with E-state index in [9.17, 15) is 4.79 Å². The number of hydrogen-bond acceptors (Lipinski definition) is 2. The van der Waals surface area contributed by atoms with Crippen molar-refractivity contribution in [2.75, 3.05) is 19.6 Å². The number of carbonyl (C=O) groups excluding carboxylic acids is 1. The average Bonchev–Trinajstić information content (AvgIpc) is 2.97. The lowest BCUT2D eigenvalue weighted by Crippen LogP contribution is -2.28. The van der Waals surface area contributed by atoms with E-state index in [0.29, 0.717) is 5.69 Å². The second-order valence-electron chi connectivity index (χ2n) is 6.65. The first kappa shape index (κ1) is 18.2. The zero-order valence-electron chi connectivity index (χ0n) is 15.8. The molecule has 1 amide bonds. The van der Waals surface area contributed by atoms with Crippen LogP contribution in [0.1, 0.15) is 29.9 Å². The Bertz CT molecular complexity index is 908. The monoisotopic (exact) mass is 349 g/mol. The molecule has 0 saturated carbocycles. The lowest BCUT2D eigenvalue weighted by molar-refractivity contribution is 0.0992. The van der Waals surface area contributed by atoms with Crippen LogP contribution in [0.4, 0.5) is 0 Å². The van der Waals surface area contributed by atoms with Gasteiger partial charge in [0.25, 0.3) is 5.91 Å². The Hall–Kier alpha value is -2.59. The van der Waals surface area contributed by atoms with E-state index in [4.69, 9.17) is 5.73 Å². The van der Waals surface area contributed by atoms with Crippen molar-refractivity contribution < 1.29 is 4.79 Å². The van der Waals surface area contributed by atoms with Crippen LogP contribution in [0.15, 0.2) is 48.5 Å². The second-order valence-corrected chi connectivity index (χ2v) is 6.65. The number of nitrogens with zero attached hydrogens (tertiary/aromatic N) is 2. The molecule has 3 aromatic rings. The highest BCUT2D eigenvalue weighted by Gasteiger charge is 2.22. The molecular formula is C22H27N3O. The summed E-state index contributed by atoms with van der Waals surface area (Å²) in [5.41, 5.74) is 10.7. The molecule has 0 fully saturated rings. The van der Waals surface area contributed by atoms with Gasteiger partial charge in [0.2, 0.25) is 0 Å². The van der Waals surface area contributed by atoms with Crippen LogP contribution in [0.25, 0.3) is 22.0 Å². The van der Waals surface area contributed by atoms with Crippen molar-refractivity contribution in [2.24, 2.45) is 5.73 Å². The van der Waals surface area contributed by atoms with Crippen LogP contribution < -0.4 is 5.73 Å². The first-order valence-electron chi connectivity index (χ1n) is 9.27. The van der Waals surface area contributed by atoms with Gasteiger partial charge in [-0.25, -0.2) is 0 Å². The maximum atomic E-state index is 12.4. The molecular weight excluding hydrogens is 322 g/mol. The maximum Gasteiger partial charge on any atom is 0.266 e. The molecule has 2 aromatic carbocycles. The molecule has 0 aliphatic rings. The average molecular weight is 349 g/mol. The van der Waals surface area contributed by atoms with Gasteiger partial charge in [-0.15, -0.1) is 0 Å². The molecule has 1 heterocycles. The summed E-state index contributed by atoms with van der Waals surface area (Å²) in [5.74, 6) is -0.378. The third-order valence-corrected chi connectivity index (χ3v) is 5.05. The summed E-state index contributed by atoms with van der Waals surface area (Å²) in [6, 6.07) is 16.4. The van der Waals surface area contributed by atoms with Crippen molar-refractivity contribution in [1.29, 1.82) is 0 Å². The number of nitrogens with two attached hydrogens (primary N) is 1. The molecule has 0 radical (unpaired) electrons. The van der Waals surface area contributed by atoms with Crippen molar-refractivity contribution in [3.63, 3.8) is 0 Å². The van der Waals surface area contributed by atoms with Crippen molar-refractivity contribution >= 4 is 16.8 Å². The van der Waals surface area contributed by atoms with Gasteiger partial charge < -0.3 is 15.2 Å². The molecule has 0 saturated heterocycles. The SMILES string of the molecule is CCN(CC)CCn1c(C(N)=O)c(-c2ccccc2)c2cc(C)ccc21. The largest absolute Gasteiger partial charge is 0.364 e. The van der Waals surface area contributed by atoms with Crippen LogP contribution >= 0.6 is 0 Å². The summed E-state index contributed by atoms with van der Waals surface area (Å²) in [7, 11) is 0. The van der Waals surface area contributed by atoms with E-state index in [2.05, 4.69) is 48.4 Å². The summed E-state index contributed by atoms with van der Waals surface area (Å²) < 4.78 is 2.09. The Kier molecular flexibility index (Phi) is 5.43. The van der Waals surface area contributed by atoms with Crippen LogP contribution in [-0.2, 0) is 6.54 Å². The van der Waals surface area contributed by atoms with Crippen molar-refractivity contribution in [3.05, 3.63) is 59.8 Å². The lowest BCUT2D eigenvalue weighted by atomic mass is 10.0. The van der Waals surface area contributed by atoms with Crippen molar-refractivity contribution in [2.45, 2.75) is 27.3 Å². The third kappa shape index (κ3) is 3.37. The van der Waals surface area contributed by atoms with E-state index in [1.54, 1.807) is 0 Å². The van der Waals surface area contributed by atoms with Gasteiger partial charge in [0.15, 0.2) is 0 Å². The first-order chi connectivity index (χ1) is 12.6. The van der Waals surface area contributed by atoms with Gasteiger partial charge in [0, 0.05) is 29.6 Å². The minimum atomic E-state index is -0.378. The van der Waals surface area contributed by atoms with Gasteiger partial charge in [0.05, 0.1) is 0 Å². The summed E-state index contributed by atoms with van der Waals surface area (Å²) in [4.78, 5) is 14.8. The number of primary amides is 1. The molecule has 0 unspecified atom stereocenters. The van der Waals surface area contributed by atoms with Gasteiger partial charge >= 0.3 is 0 Å². The number of aryl methyl sites for hydroxylation is 1. The fourth-order valence-electron chi connectivity index (χ4n) is 3.64. The summed E-state index contributed by atoms with van der Waals surface area (Å²) in [5, 5.41) is 1.09. The van der Waals surface area contributed by atoms with Crippen LogP contribution in [-0.4, -0.2) is 35.0 Å². The van der Waals surface area contributed by atoms with E-state index in [1.807, 2.05) is 30.3 Å². The third-order valence-electron chi connectivity index (χ3n) is 5.05. The number of fused-ring (bicyclic) bond motifs is 1. The van der Waals surface area contributed by atoms with Gasteiger partial charge in [-0.05, 0) is 37.7 Å². The lowest BCUT2D eigenvalue weighted by Gasteiger charge is -2.19. The Balaban J connectivity index is 2.23. The molecule has 0 aliphatic heterocycles. The highest BCUT2D eigenvalue weighted by atomic mass is 16.1. The Morgan fingerprint density at radius 2 is 1.77 bits per heavy atom. The second kappa shape index (κ2) is 7.75. The maximum absolute atomic E-state index is 12.4. The summed E-state index contributed by atoms with van der Waals surface area (Å²) in [6.45, 7) is 10.0.